The van der Waals surface area contributed by atoms with Crippen molar-refractivity contribution in [2.75, 3.05) is 11.9 Å². The quantitative estimate of drug-likeness (QED) is 0.781. The summed E-state index contributed by atoms with van der Waals surface area (Å²) in [5.74, 6) is -0.640. The summed E-state index contributed by atoms with van der Waals surface area (Å²) in [5.41, 5.74) is -0.446. The molecule has 30 heavy (non-hydrogen) atoms. The number of carbonyl (C=O) groups is 2. The van der Waals surface area contributed by atoms with Gasteiger partial charge in [0.25, 0.3) is 5.91 Å². The Labute approximate surface area is 174 Å². The van der Waals surface area contributed by atoms with Gasteiger partial charge in [-0.3, -0.25) is 14.3 Å². The summed E-state index contributed by atoms with van der Waals surface area (Å²) in [6.45, 7) is 9.07. The maximum atomic E-state index is 13.0. The lowest BCUT2D eigenvalue weighted by molar-refractivity contribution is -0.137. The third kappa shape index (κ3) is 5.61. The fourth-order valence-corrected chi connectivity index (χ4v) is 2.77. The molecule has 6 nitrogen and oxygen atoms in total. The first-order valence-electron chi connectivity index (χ1n) is 9.52. The number of hydrogen-bond acceptors (Lipinski definition) is 3. The molecule has 2 aromatic rings. The van der Waals surface area contributed by atoms with Crippen LogP contribution in [0, 0.1) is 0 Å². The SMILES string of the molecule is CC(C)N(CC(=O)Nc1cc(C(C)(C)C)nn1C)C(=O)c1cccc(C(F)(F)F)c1. The Kier molecular flexibility index (Phi) is 6.63. The highest BCUT2D eigenvalue weighted by Gasteiger charge is 2.32. The van der Waals surface area contributed by atoms with Crippen molar-refractivity contribution in [3.05, 3.63) is 47.2 Å². The van der Waals surface area contributed by atoms with Gasteiger partial charge in [-0.15, -0.1) is 0 Å². The summed E-state index contributed by atoms with van der Waals surface area (Å²) >= 11 is 0. The second-order valence-corrected chi connectivity index (χ2v) is 8.44. The van der Waals surface area contributed by atoms with Crippen LogP contribution in [-0.2, 0) is 23.4 Å². The number of anilines is 1. The number of benzene rings is 1. The Balaban J connectivity index is 2.19. The summed E-state index contributed by atoms with van der Waals surface area (Å²) in [5, 5.41) is 7.10. The monoisotopic (exact) mass is 424 g/mol. The van der Waals surface area contributed by atoms with Crippen molar-refractivity contribution in [1.82, 2.24) is 14.7 Å². The third-order valence-electron chi connectivity index (χ3n) is 4.55. The van der Waals surface area contributed by atoms with Crippen LogP contribution in [0.25, 0.3) is 0 Å². The van der Waals surface area contributed by atoms with Gasteiger partial charge in [-0.2, -0.15) is 18.3 Å². The number of nitrogens with one attached hydrogen (secondary N) is 1. The van der Waals surface area contributed by atoms with Crippen molar-refractivity contribution in [2.24, 2.45) is 7.05 Å². The van der Waals surface area contributed by atoms with E-state index in [1.165, 1.54) is 21.7 Å². The van der Waals surface area contributed by atoms with Gasteiger partial charge in [0.05, 0.1) is 11.3 Å². The van der Waals surface area contributed by atoms with Crippen molar-refractivity contribution < 1.29 is 22.8 Å². The summed E-state index contributed by atoms with van der Waals surface area (Å²) in [7, 11) is 1.69. The van der Waals surface area contributed by atoms with Gasteiger partial charge in [0, 0.05) is 30.1 Å². The largest absolute Gasteiger partial charge is 0.416 e. The summed E-state index contributed by atoms with van der Waals surface area (Å²) in [6.07, 6.45) is -4.55. The number of amides is 2. The third-order valence-corrected chi connectivity index (χ3v) is 4.55. The Hall–Kier alpha value is -2.84. The van der Waals surface area contributed by atoms with Gasteiger partial charge in [0.2, 0.25) is 5.91 Å². The van der Waals surface area contributed by atoms with Crippen LogP contribution in [0.3, 0.4) is 0 Å². The molecule has 0 atom stereocenters. The van der Waals surface area contributed by atoms with E-state index in [4.69, 9.17) is 0 Å². The van der Waals surface area contributed by atoms with Gasteiger partial charge < -0.3 is 10.2 Å². The molecule has 1 heterocycles. The van der Waals surface area contributed by atoms with Crippen LogP contribution in [0.5, 0.6) is 0 Å². The molecule has 0 spiro atoms. The fourth-order valence-electron chi connectivity index (χ4n) is 2.77. The van der Waals surface area contributed by atoms with Crippen molar-refractivity contribution in [3.8, 4) is 0 Å². The smallest absolute Gasteiger partial charge is 0.327 e. The molecule has 0 radical (unpaired) electrons. The summed E-state index contributed by atoms with van der Waals surface area (Å²) in [4.78, 5) is 26.6. The molecule has 0 fully saturated rings. The van der Waals surface area contributed by atoms with Crippen LogP contribution >= 0.6 is 0 Å². The predicted molar refractivity (Wildman–Crippen MR) is 108 cm³/mol. The zero-order chi connectivity index (χ0) is 22.9. The van der Waals surface area contributed by atoms with E-state index in [0.717, 1.165) is 17.8 Å². The average Bonchev–Trinajstić information content (AvgIpc) is 2.99. The molecule has 0 saturated carbocycles. The number of aryl methyl sites for hydroxylation is 1. The Bertz CT molecular complexity index is 927. The fraction of sp³-hybridized carbons (Fsp3) is 0.476. The molecule has 0 bridgehead atoms. The van der Waals surface area contributed by atoms with Crippen LogP contribution < -0.4 is 5.32 Å². The number of rotatable bonds is 5. The normalized spacial score (nSPS) is 12.2. The number of aromatic nitrogens is 2. The highest BCUT2D eigenvalue weighted by molar-refractivity contribution is 5.99. The van der Waals surface area contributed by atoms with E-state index < -0.39 is 29.6 Å². The minimum absolute atomic E-state index is 0.123. The standard InChI is InChI=1S/C21H27F3N4O2/c1-13(2)28(19(30)14-8-7-9-15(10-14)21(22,23)24)12-18(29)25-17-11-16(20(3,4)5)26-27(17)6/h7-11,13H,12H2,1-6H3,(H,25,29). The second kappa shape index (κ2) is 8.49. The van der Waals surface area contributed by atoms with Crippen LogP contribution in [0.15, 0.2) is 30.3 Å². The van der Waals surface area contributed by atoms with Gasteiger partial charge in [-0.25, -0.2) is 0 Å². The molecule has 164 valence electrons. The van der Waals surface area contributed by atoms with Gasteiger partial charge in [0.15, 0.2) is 0 Å². The van der Waals surface area contributed by atoms with Crippen LogP contribution in [0.4, 0.5) is 19.0 Å². The van der Waals surface area contributed by atoms with Gasteiger partial charge in [-0.1, -0.05) is 26.8 Å². The first kappa shape index (κ1) is 23.4. The predicted octanol–water partition coefficient (Wildman–Crippen LogP) is 4.23. The molecular formula is C21H27F3N4O2. The van der Waals surface area contributed by atoms with Crippen LogP contribution in [0.1, 0.15) is 56.2 Å². The molecule has 2 rings (SSSR count). The van der Waals surface area contributed by atoms with E-state index in [9.17, 15) is 22.8 Å². The van der Waals surface area contributed by atoms with E-state index in [1.54, 1.807) is 27.0 Å². The Morgan fingerprint density at radius 3 is 2.30 bits per heavy atom. The van der Waals surface area contributed by atoms with Crippen molar-refractivity contribution >= 4 is 17.6 Å². The Morgan fingerprint density at radius 1 is 1.17 bits per heavy atom. The van der Waals surface area contributed by atoms with Crippen molar-refractivity contribution in [1.29, 1.82) is 0 Å². The Morgan fingerprint density at radius 2 is 1.80 bits per heavy atom. The molecule has 0 saturated heterocycles. The van der Waals surface area contributed by atoms with Gasteiger partial charge in [-0.05, 0) is 32.0 Å². The molecule has 0 aliphatic heterocycles. The first-order valence-corrected chi connectivity index (χ1v) is 9.52. The number of nitrogens with zero attached hydrogens (tertiary/aromatic N) is 3. The lowest BCUT2D eigenvalue weighted by Crippen LogP contribution is -2.42. The molecule has 1 aromatic heterocycles. The van der Waals surface area contributed by atoms with E-state index in [0.29, 0.717) is 5.82 Å². The summed E-state index contributed by atoms with van der Waals surface area (Å²) in [6, 6.07) is 5.55. The lowest BCUT2D eigenvalue weighted by atomic mass is 9.92. The zero-order valence-electron chi connectivity index (χ0n) is 18.0. The lowest BCUT2D eigenvalue weighted by Gasteiger charge is -2.26. The van der Waals surface area contributed by atoms with E-state index in [1.807, 2.05) is 20.8 Å². The number of halogens is 3. The second-order valence-electron chi connectivity index (χ2n) is 8.44. The van der Waals surface area contributed by atoms with E-state index >= 15 is 0 Å². The van der Waals surface area contributed by atoms with Crippen molar-refractivity contribution in [2.45, 2.75) is 52.3 Å². The number of carbonyl (C=O) groups excluding carboxylic acids is 2. The van der Waals surface area contributed by atoms with Crippen LogP contribution in [-0.4, -0.2) is 39.1 Å². The van der Waals surface area contributed by atoms with E-state index in [2.05, 4.69) is 10.4 Å². The molecule has 2 amide bonds. The first-order chi connectivity index (χ1) is 13.7. The zero-order valence-corrected chi connectivity index (χ0v) is 18.0. The maximum absolute atomic E-state index is 13.0. The minimum atomic E-state index is -4.55. The highest BCUT2D eigenvalue weighted by Crippen LogP contribution is 2.30. The van der Waals surface area contributed by atoms with Crippen molar-refractivity contribution in [3.63, 3.8) is 0 Å². The molecule has 1 N–H and O–H groups in total. The maximum Gasteiger partial charge on any atom is 0.416 e. The molecule has 1 aromatic carbocycles. The topological polar surface area (TPSA) is 67.2 Å². The molecule has 9 heteroatoms. The highest BCUT2D eigenvalue weighted by atomic mass is 19.4. The van der Waals surface area contributed by atoms with Gasteiger partial charge >= 0.3 is 6.18 Å². The summed E-state index contributed by atoms with van der Waals surface area (Å²) < 4.78 is 40.4. The van der Waals surface area contributed by atoms with Gasteiger partial charge in [0.1, 0.15) is 12.4 Å². The average molecular weight is 424 g/mol. The molecule has 0 aliphatic rings. The molecule has 0 unspecified atom stereocenters. The number of hydrogen-bond donors (Lipinski definition) is 1. The molecule has 0 aliphatic carbocycles. The minimum Gasteiger partial charge on any atom is -0.327 e. The molecular weight excluding hydrogens is 397 g/mol. The van der Waals surface area contributed by atoms with E-state index in [-0.39, 0.29) is 17.5 Å². The van der Waals surface area contributed by atoms with Crippen LogP contribution in [0.2, 0.25) is 0 Å². The number of alkyl halides is 3.